The highest BCUT2D eigenvalue weighted by atomic mass is 19.1. The van der Waals surface area contributed by atoms with E-state index in [0.717, 1.165) is 37.2 Å². The van der Waals surface area contributed by atoms with Crippen molar-refractivity contribution in [2.45, 2.75) is 13.0 Å². The lowest BCUT2D eigenvalue weighted by Crippen LogP contribution is -2.36. The smallest absolute Gasteiger partial charge is 0.251 e. The Kier molecular flexibility index (Phi) is 7.49. The van der Waals surface area contributed by atoms with Gasteiger partial charge in [0, 0.05) is 43.4 Å². The third-order valence-corrected chi connectivity index (χ3v) is 5.66. The van der Waals surface area contributed by atoms with Crippen LogP contribution in [-0.2, 0) is 4.74 Å². The first-order valence-corrected chi connectivity index (χ1v) is 11.3. The van der Waals surface area contributed by atoms with E-state index in [1.165, 1.54) is 6.07 Å². The Morgan fingerprint density at radius 2 is 2.00 bits per heavy atom. The average molecular weight is 468 g/mol. The molecule has 0 saturated carbocycles. The summed E-state index contributed by atoms with van der Waals surface area (Å²) in [6, 6.07) is 4.69. The lowest BCUT2D eigenvalue weighted by Gasteiger charge is -2.28. The lowest BCUT2D eigenvalue weighted by atomic mass is 10.0. The van der Waals surface area contributed by atoms with Gasteiger partial charge in [-0.15, -0.1) is 0 Å². The van der Waals surface area contributed by atoms with Gasteiger partial charge in [0.15, 0.2) is 0 Å². The number of fused-ring (bicyclic) bond motifs is 1. The van der Waals surface area contributed by atoms with Crippen LogP contribution in [0.3, 0.4) is 0 Å². The van der Waals surface area contributed by atoms with E-state index >= 15 is 0 Å². The van der Waals surface area contributed by atoms with Crippen LogP contribution < -0.4 is 15.5 Å². The van der Waals surface area contributed by atoms with Crippen LogP contribution in [0.1, 0.15) is 28.9 Å². The van der Waals surface area contributed by atoms with Gasteiger partial charge in [-0.05, 0) is 33.2 Å². The van der Waals surface area contributed by atoms with Gasteiger partial charge in [0.2, 0.25) is 0 Å². The molecule has 1 fully saturated rings. The fourth-order valence-electron chi connectivity index (χ4n) is 3.85. The predicted molar refractivity (Wildman–Crippen MR) is 130 cm³/mol. The van der Waals surface area contributed by atoms with Crippen molar-refractivity contribution in [2.75, 3.05) is 63.7 Å². The van der Waals surface area contributed by atoms with E-state index in [2.05, 4.69) is 25.5 Å². The molecule has 3 aromatic rings. The largest absolute Gasteiger partial charge is 0.378 e. The zero-order chi connectivity index (χ0) is 24.1. The summed E-state index contributed by atoms with van der Waals surface area (Å²) < 4.78 is 19.1. The van der Waals surface area contributed by atoms with E-state index in [9.17, 15) is 9.18 Å². The molecule has 0 aliphatic carbocycles. The van der Waals surface area contributed by atoms with Gasteiger partial charge in [-0.2, -0.15) is 0 Å². The van der Waals surface area contributed by atoms with Crippen LogP contribution in [0.25, 0.3) is 11.0 Å². The molecule has 3 heterocycles. The zero-order valence-electron chi connectivity index (χ0n) is 19.7. The van der Waals surface area contributed by atoms with Gasteiger partial charge in [0.1, 0.15) is 11.6 Å². The Bertz CT molecular complexity index is 1150. The number of morpholine rings is 1. The molecule has 1 unspecified atom stereocenters. The van der Waals surface area contributed by atoms with Crippen molar-refractivity contribution in [3.8, 4) is 0 Å². The molecule has 10 heteroatoms. The molecule has 0 spiro atoms. The monoisotopic (exact) mass is 467 g/mol. The number of carbonyl (C=O) groups is 1. The molecular formula is C24H30FN7O2. The average Bonchev–Trinajstić information content (AvgIpc) is 2.83. The maximum atomic E-state index is 13.7. The Morgan fingerprint density at radius 3 is 2.74 bits per heavy atom. The second-order valence-electron chi connectivity index (χ2n) is 8.58. The molecule has 1 amide bonds. The predicted octanol–water partition coefficient (Wildman–Crippen LogP) is 2.47. The molecule has 1 aliphatic heterocycles. The zero-order valence-corrected chi connectivity index (χ0v) is 19.7. The molecule has 2 N–H and O–H groups in total. The summed E-state index contributed by atoms with van der Waals surface area (Å²) in [6.45, 7) is 5.97. The van der Waals surface area contributed by atoms with Crippen molar-refractivity contribution >= 4 is 28.4 Å². The van der Waals surface area contributed by atoms with Crippen LogP contribution in [0, 0.1) is 5.82 Å². The highest BCUT2D eigenvalue weighted by Crippen LogP contribution is 2.28. The minimum absolute atomic E-state index is 0.177. The molecule has 1 saturated heterocycles. The molecule has 1 aromatic carbocycles. The van der Waals surface area contributed by atoms with Crippen molar-refractivity contribution in [3.63, 3.8) is 0 Å². The number of nitrogens with one attached hydrogen (secondary N) is 2. The second-order valence-corrected chi connectivity index (χ2v) is 8.58. The number of amides is 1. The summed E-state index contributed by atoms with van der Waals surface area (Å²) >= 11 is 0. The highest BCUT2D eigenvalue weighted by Gasteiger charge is 2.19. The first-order chi connectivity index (χ1) is 16.4. The van der Waals surface area contributed by atoms with Crippen LogP contribution >= 0.6 is 0 Å². The van der Waals surface area contributed by atoms with Gasteiger partial charge in [0.25, 0.3) is 5.91 Å². The van der Waals surface area contributed by atoms with E-state index in [4.69, 9.17) is 9.72 Å². The van der Waals surface area contributed by atoms with Gasteiger partial charge in [0.05, 0.1) is 54.6 Å². The number of anilines is 2. The van der Waals surface area contributed by atoms with E-state index in [1.54, 1.807) is 18.5 Å². The standard InChI is InChI=1S/C24H30FN7O2/c1-16(29-19-12-18(25)13-26-14-19)20-10-17(24(33)27-4-5-31(2)3)11-21-23(20)30-22(15-28-21)32-6-8-34-9-7-32/h10-16,29H,4-9H2,1-3H3,(H,27,33). The quantitative estimate of drug-likeness (QED) is 0.522. The highest BCUT2D eigenvalue weighted by molar-refractivity contribution is 5.98. The van der Waals surface area contributed by atoms with E-state index in [0.29, 0.717) is 42.0 Å². The third kappa shape index (κ3) is 5.75. The molecular weight excluding hydrogens is 437 g/mol. The number of likely N-dealkylation sites (N-methyl/N-ethyl adjacent to an activating group) is 1. The molecule has 0 radical (unpaired) electrons. The molecule has 0 bridgehead atoms. The normalized spacial score (nSPS) is 14.9. The summed E-state index contributed by atoms with van der Waals surface area (Å²) in [6.07, 6.45) is 4.45. The first-order valence-electron chi connectivity index (χ1n) is 11.3. The summed E-state index contributed by atoms with van der Waals surface area (Å²) in [5.41, 5.74) is 3.15. The number of nitrogens with zero attached hydrogens (tertiary/aromatic N) is 5. The molecule has 34 heavy (non-hydrogen) atoms. The fraction of sp³-hybridized carbons (Fsp3) is 0.417. The Morgan fingerprint density at radius 1 is 1.21 bits per heavy atom. The third-order valence-electron chi connectivity index (χ3n) is 5.66. The number of carbonyl (C=O) groups excluding carboxylic acids is 1. The SMILES string of the molecule is CC(Nc1cncc(F)c1)c1cc(C(=O)NCCN(C)C)cc2ncc(N3CCOCC3)nc12. The summed E-state index contributed by atoms with van der Waals surface area (Å²) in [5, 5.41) is 6.22. The first kappa shape index (κ1) is 23.8. The van der Waals surface area contributed by atoms with Gasteiger partial charge in [-0.1, -0.05) is 0 Å². The van der Waals surface area contributed by atoms with Crippen LogP contribution in [-0.4, -0.2) is 79.2 Å². The number of hydrogen-bond acceptors (Lipinski definition) is 8. The van der Waals surface area contributed by atoms with Crippen LogP contribution in [0.15, 0.2) is 36.8 Å². The van der Waals surface area contributed by atoms with E-state index in [1.807, 2.05) is 32.0 Å². The number of halogens is 1. The van der Waals surface area contributed by atoms with E-state index < -0.39 is 5.82 Å². The van der Waals surface area contributed by atoms with Gasteiger partial charge >= 0.3 is 0 Å². The summed E-state index contributed by atoms with van der Waals surface area (Å²) in [5.74, 6) is 0.161. The summed E-state index contributed by atoms with van der Waals surface area (Å²) in [7, 11) is 3.91. The van der Waals surface area contributed by atoms with Crippen molar-refractivity contribution in [3.05, 3.63) is 53.7 Å². The van der Waals surface area contributed by atoms with Gasteiger partial charge in [-0.25, -0.2) is 9.37 Å². The lowest BCUT2D eigenvalue weighted by molar-refractivity contribution is 0.0951. The topological polar surface area (TPSA) is 95.5 Å². The molecule has 4 rings (SSSR count). The number of aromatic nitrogens is 3. The van der Waals surface area contributed by atoms with Crippen molar-refractivity contribution in [1.29, 1.82) is 0 Å². The number of ether oxygens (including phenoxy) is 1. The Labute approximate surface area is 198 Å². The van der Waals surface area contributed by atoms with Crippen molar-refractivity contribution < 1.29 is 13.9 Å². The molecule has 180 valence electrons. The van der Waals surface area contributed by atoms with Crippen LogP contribution in [0.5, 0.6) is 0 Å². The number of rotatable bonds is 8. The molecule has 1 atom stereocenters. The van der Waals surface area contributed by atoms with Gasteiger partial charge in [-0.3, -0.25) is 14.8 Å². The fourth-order valence-corrected chi connectivity index (χ4v) is 3.85. The maximum absolute atomic E-state index is 13.7. The number of hydrogen-bond donors (Lipinski definition) is 2. The van der Waals surface area contributed by atoms with Crippen LogP contribution in [0.4, 0.5) is 15.9 Å². The molecule has 2 aromatic heterocycles. The Balaban J connectivity index is 1.70. The van der Waals surface area contributed by atoms with Gasteiger partial charge < -0.3 is 25.2 Å². The molecule has 9 nitrogen and oxygen atoms in total. The van der Waals surface area contributed by atoms with Crippen molar-refractivity contribution in [2.24, 2.45) is 0 Å². The summed E-state index contributed by atoms with van der Waals surface area (Å²) in [4.78, 5) is 30.5. The van der Waals surface area contributed by atoms with E-state index in [-0.39, 0.29) is 11.9 Å². The van der Waals surface area contributed by atoms with Crippen molar-refractivity contribution in [1.82, 2.24) is 25.2 Å². The Hall–Kier alpha value is -3.37. The minimum atomic E-state index is -0.425. The van der Waals surface area contributed by atoms with Crippen LogP contribution in [0.2, 0.25) is 0 Å². The number of pyridine rings is 1. The molecule has 1 aliphatic rings. The number of benzene rings is 1. The maximum Gasteiger partial charge on any atom is 0.251 e. The second kappa shape index (κ2) is 10.7. The minimum Gasteiger partial charge on any atom is -0.378 e.